The van der Waals surface area contributed by atoms with Crippen LogP contribution in [-0.4, -0.2) is 53.6 Å². The van der Waals surface area contributed by atoms with E-state index in [1.165, 1.54) is 23.0 Å². The highest BCUT2D eigenvalue weighted by Gasteiger charge is 2.28. The van der Waals surface area contributed by atoms with Crippen LogP contribution >= 0.6 is 11.6 Å². The van der Waals surface area contributed by atoms with Gasteiger partial charge in [0.05, 0.1) is 16.7 Å². The first-order chi connectivity index (χ1) is 20.1. The van der Waals surface area contributed by atoms with Crippen LogP contribution in [0.4, 0.5) is 18.9 Å². The third-order valence-corrected chi connectivity index (χ3v) is 10.5. The van der Waals surface area contributed by atoms with E-state index < -0.39 is 55.3 Å². The zero-order valence-corrected chi connectivity index (χ0v) is 27.8. The van der Waals surface area contributed by atoms with Crippen LogP contribution in [0.3, 0.4) is 0 Å². The summed E-state index contributed by atoms with van der Waals surface area (Å²) in [7, 11) is -2.76. The van der Waals surface area contributed by atoms with Gasteiger partial charge in [0.2, 0.25) is 5.82 Å². The smallest absolute Gasteiger partial charge is 0.305 e. The lowest BCUT2D eigenvalue weighted by Gasteiger charge is -2.16. The summed E-state index contributed by atoms with van der Waals surface area (Å²) in [6, 6.07) is 5.86. The first kappa shape index (κ1) is 32.9. The van der Waals surface area contributed by atoms with E-state index in [4.69, 9.17) is 21.1 Å². The number of aromatic nitrogens is 4. The van der Waals surface area contributed by atoms with Gasteiger partial charge in [-0.15, -0.1) is 0 Å². The topological polar surface area (TPSA) is 97.2 Å². The summed E-state index contributed by atoms with van der Waals surface area (Å²) >= 11 is 6.44. The molecule has 4 aromatic rings. The molecule has 0 saturated heterocycles. The second-order valence-corrected chi connectivity index (χ2v) is 24.3. The van der Waals surface area contributed by atoms with Crippen LogP contribution in [-0.2, 0) is 22.9 Å². The zero-order valence-electron chi connectivity index (χ0n) is 25.0. The molecule has 0 spiro atoms. The van der Waals surface area contributed by atoms with E-state index >= 15 is 8.78 Å². The monoisotopic (exact) mass is 653 g/mol. The van der Waals surface area contributed by atoms with Crippen LogP contribution in [0.1, 0.15) is 0 Å². The van der Waals surface area contributed by atoms with Crippen LogP contribution in [0.25, 0.3) is 33.5 Å². The quantitative estimate of drug-likeness (QED) is 0.0625. The molecule has 0 unspecified atom stereocenters. The second kappa shape index (κ2) is 12.9. The lowest BCUT2D eigenvalue weighted by atomic mass is 10.0. The van der Waals surface area contributed by atoms with Gasteiger partial charge in [-0.2, -0.15) is 9.49 Å². The minimum Gasteiger partial charge on any atom is -0.361 e. The summed E-state index contributed by atoms with van der Waals surface area (Å²) in [4.78, 5) is 14.7. The largest absolute Gasteiger partial charge is 0.361 e. The SMILES string of the molecule is C[Si](C)(C)CCOCn1c(Cl)cnc1-c1nn(COCC[Si](C)(C)C)c2c(F)c(-c3c(F)ccc([N+](=O)[O-])c3F)ccc12. The van der Waals surface area contributed by atoms with Gasteiger partial charge in [-0.1, -0.05) is 56.9 Å². The second-order valence-electron chi connectivity index (χ2n) is 12.7. The molecule has 9 nitrogen and oxygen atoms in total. The molecule has 0 fully saturated rings. The Morgan fingerprint density at radius 3 is 2.16 bits per heavy atom. The minimum atomic E-state index is -1.47. The van der Waals surface area contributed by atoms with Crippen LogP contribution in [0.5, 0.6) is 0 Å². The van der Waals surface area contributed by atoms with Gasteiger partial charge < -0.3 is 9.47 Å². The molecule has 0 aliphatic heterocycles. The fourth-order valence-electron chi connectivity index (χ4n) is 4.34. The number of nitro benzene ring substituents is 1. The van der Waals surface area contributed by atoms with Crippen molar-refractivity contribution in [3.63, 3.8) is 0 Å². The molecule has 2 aromatic heterocycles. The lowest BCUT2D eigenvalue weighted by molar-refractivity contribution is -0.387. The number of fused-ring (bicyclic) bond motifs is 1. The highest BCUT2D eigenvalue weighted by atomic mass is 35.5. The average molecular weight is 654 g/mol. The Labute approximate surface area is 254 Å². The molecule has 0 aliphatic rings. The van der Waals surface area contributed by atoms with Crippen LogP contribution < -0.4 is 0 Å². The highest BCUT2D eigenvalue weighted by molar-refractivity contribution is 6.76. The summed E-state index contributed by atoms with van der Waals surface area (Å²) in [6.45, 7) is 14.2. The molecule has 0 radical (unpaired) electrons. The predicted molar refractivity (Wildman–Crippen MR) is 166 cm³/mol. The van der Waals surface area contributed by atoms with E-state index in [9.17, 15) is 14.5 Å². The maximum absolute atomic E-state index is 16.3. The van der Waals surface area contributed by atoms with Crippen LogP contribution in [0.15, 0.2) is 30.5 Å². The van der Waals surface area contributed by atoms with Crippen molar-refractivity contribution in [2.24, 2.45) is 0 Å². The van der Waals surface area contributed by atoms with Crippen LogP contribution in [0, 0.1) is 27.6 Å². The van der Waals surface area contributed by atoms with Crippen LogP contribution in [0.2, 0.25) is 56.5 Å². The molecular formula is C28H35ClF3N5O4Si2. The third kappa shape index (κ3) is 7.55. The molecular weight excluding hydrogens is 619 g/mol. The van der Waals surface area contributed by atoms with Crippen molar-refractivity contribution in [1.82, 2.24) is 19.3 Å². The summed E-state index contributed by atoms with van der Waals surface area (Å²) in [5, 5.41) is 16.5. The molecule has 15 heteroatoms. The molecule has 0 saturated carbocycles. The summed E-state index contributed by atoms with van der Waals surface area (Å²) in [5.74, 6) is -3.32. The molecule has 232 valence electrons. The Bertz CT molecular complexity index is 1650. The van der Waals surface area contributed by atoms with Crippen molar-refractivity contribution >= 4 is 44.3 Å². The maximum Gasteiger partial charge on any atom is 0.305 e. The Morgan fingerprint density at radius 2 is 1.56 bits per heavy atom. The number of hydrogen-bond acceptors (Lipinski definition) is 6. The van der Waals surface area contributed by atoms with Gasteiger partial charge in [-0.05, 0) is 24.2 Å². The fourth-order valence-corrected chi connectivity index (χ4v) is 6.04. The molecule has 0 aliphatic carbocycles. The fraction of sp³-hybridized carbons (Fsp3) is 0.429. The van der Waals surface area contributed by atoms with Gasteiger partial charge in [0, 0.05) is 46.4 Å². The number of imidazole rings is 1. The molecule has 4 rings (SSSR count). The van der Waals surface area contributed by atoms with Gasteiger partial charge in [-0.3, -0.25) is 14.7 Å². The normalized spacial score (nSPS) is 12.4. The van der Waals surface area contributed by atoms with E-state index in [1.807, 2.05) is 0 Å². The highest BCUT2D eigenvalue weighted by Crippen LogP contribution is 2.38. The van der Waals surface area contributed by atoms with E-state index in [0.717, 1.165) is 18.2 Å². The minimum absolute atomic E-state index is 0.0877. The Kier molecular flexibility index (Phi) is 9.86. The van der Waals surface area contributed by atoms with Crippen molar-refractivity contribution < 1.29 is 27.6 Å². The number of halogens is 4. The Hall–Kier alpha value is -3.05. The molecule has 0 atom stereocenters. The van der Waals surface area contributed by atoms with Crippen molar-refractivity contribution in [2.75, 3.05) is 13.2 Å². The van der Waals surface area contributed by atoms with E-state index in [0.29, 0.717) is 25.1 Å². The predicted octanol–water partition coefficient (Wildman–Crippen LogP) is 8.17. The van der Waals surface area contributed by atoms with Crippen molar-refractivity contribution in [1.29, 1.82) is 0 Å². The van der Waals surface area contributed by atoms with Gasteiger partial charge in [0.25, 0.3) is 0 Å². The van der Waals surface area contributed by atoms with Crippen molar-refractivity contribution in [3.8, 4) is 22.6 Å². The Balaban J connectivity index is 1.82. The van der Waals surface area contributed by atoms with Gasteiger partial charge in [0.15, 0.2) is 11.6 Å². The molecule has 2 heterocycles. The summed E-state index contributed by atoms with van der Waals surface area (Å²) in [5.41, 5.74) is -2.14. The summed E-state index contributed by atoms with van der Waals surface area (Å²) < 4.78 is 60.9. The van der Waals surface area contributed by atoms with Gasteiger partial charge >= 0.3 is 5.69 Å². The van der Waals surface area contributed by atoms with E-state index in [1.54, 1.807) is 4.57 Å². The number of rotatable bonds is 13. The first-order valence-electron chi connectivity index (χ1n) is 13.8. The van der Waals surface area contributed by atoms with Gasteiger partial charge in [0.1, 0.15) is 35.6 Å². The van der Waals surface area contributed by atoms with Crippen molar-refractivity contribution in [2.45, 2.75) is 64.8 Å². The third-order valence-electron chi connectivity index (χ3n) is 6.83. The molecule has 2 aromatic carbocycles. The van der Waals surface area contributed by atoms with E-state index in [2.05, 4.69) is 49.4 Å². The standard InChI is InChI=1S/C28H35ClF3N5O4Si2/c1-42(2,3)13-11-40-16-35-22(29)15-33-28(35)26-19-8-7-18(23-20(30)9-10-21(25(23)32)37(38)39)24(31)27(19)36(34-26)17-41-12-14-43(4,5)6/h7-10,15H,11-14,16-17H2,1-6H3. The molecule has 43 heavy (non-hydrogen) atoms. The van der Waals surface area contributed by atoms with E-state index in [-0.39, 0.29) is 35.2 Å². The number of nitrogens with zero attached hydrogens (tertiary/aromatic N) is 5. The summed E-state index contributed by atoms with van der Waals surface area (Å²) in [6.07, 6.45) is 1.44. The maximum atomic E-state index is 16.3. The Morgan fingerprint density at radius 1 is 0.930 bits per heavy atom. The number of ether oxygens (including phenoxy) is 2. The van der Waals surface area contributed by atoms with Gasteiger partial charge in [-0.25, -0.2) is 18.4 Å². The molecule has 0 bridgehead atoms. The number of nitro groups is 1. The number of benzene rings is 2. The molecule has 0 amide bonds. The first-order valence-corrected chi connectivity index (χ1v) is 21.6. The number of hydrogen-bond donors (Lipinski definition) is 0. The molecule has 0 N–H and O–H groups in total. The lowest BCUT2D eigenvalue weighted by Crippen LogP contribution is -2.22. The zero-order chi connectivity index (χ0) is 31.7. The van der Waals surface area contributed by atoms with Crippen molar-refractivity contribution in [3.05, 3.63) is 63.2 Å². The average Bonchev–Trinajstić information content (AvgIpc) is 3.44.